The molecule has 1 aliphatic heterocycles. The SMILES string of the molecule is COC(=O)CC1CCCCN1Cc1ccc(C)c(C)c1. The maximum absolute atomic E-state index is 11.5. The van der Waals surface area contributed by atoms with Crippen LogP contribution in [0.15, 0.2) is 18.2 Å². The van der Waals surface area contributed by atoms with Gasteiger partial charge in [-0.15, -0.1) is 0 Å². The zero-order valence-electron chi connectivity index (χ0n) is 12.8. The molecule has 110 valence electrons. The summed E-state index contributed by atoms with van der Waals surface area (Å²) in [5, 5.41) is 0. The first-order valence-corrected chi connectivity index (χ1v) is 7.47. The number of hydrogen-bond donors (Lipinski definition) is 0. The van der Waals surface area contributed by atoms with Gasteiger partial charge in [0.15, 0.2) is 0 Å². The van der Waals surface area contributed by atoms with Crippen molar-refractivity contribution in [2.24, 2.45) is 0 Å². The molecule has 0 bridgehead atoms. The van der Waals surface area contributed by atoms with E-state index < -0.39 is 0 Å². The van der Waals surface area contributed by atoms with Crippen molar-refractivity contribution in [2.75, 3.05) is 13.7 Å². The Hall–Kier alpha value is -1.35. The van der Waals surface area contributed by atoms with Gasteiger partial charge in [-0.3, -0.25) is 9.69 Å². The van der Waals surface area contributed by atoms with E-state index >= 15 is 0 Å². The van der Waals surface area contributed by atoms with E-state index in [1.165, 1.54) is 36.6 Å². The van der Waals surface area contributed by atoms with E-state index in [1.54, 1.807) is 0 Å². The predicted molar refractivity (Wildman–Crippen MR) is 80.6 cm³/mol. The third kappa shape index (κ3) is 3.83. The molecule has 0 N–H and O–H groups in total. The predicted octanol–water partition coefficient (Wildman–Crippen LogP) is 3.22. The molecule has 1 atom stereocenters. The number of benzene rings is 1. The summed E-state index contributed by atoms with van der Waals surface area (Å²) in [5.41, 5.74) is 4.01. The molecule has 1 unspecified atom stereocenters. The Balaban J connectivity index is 2.04. The van der Waals surface area contributed by atoms with Crippen LogP contribution in [0, 0.1) is 13.8 Å². The molecule has 3 heteroatoms. The summed E-state index contributed by atoms with van der Waals surface area (Å²) >= 11 is 0. The smallest absolute Gasteiger partial charge is 0.307 e. The molecule has 0 radical (unpaired) electrons. The molecule has 2 rings (SSSR count). The number of likely N-dealkylation sites (tertiary alicyclic amines) is 1. The number of nitrogens with zero attached hydrogens (tertiary/aromatic N) is 1. The van der Waals surface area contributed by atoms with Crippen LogP contribution >= 0.6 is 0 Å². The fourth-order valence-corrected chi connectivity index (χ4v) is 2.91. The quantitative estimate of drug-likeness (QED) is 0.790. The molecule has 3 nitrogen and oxygen atoms in total. The monoisotopic (exact) mass is 275 g/mol. The van der Waals surface area contributed by atoms with Crippen LogP contribution in [0.1, 0.15) is 42.4 Å². The molecule has 0 spiro atoms. The highest BCUT2D eigenvalue weighted by Gasteiger charge is 2.25. The lowest BCUT2D eigenvalue weighted by Crippen LogP contribution is -2.40. The summed E-state index contributed by atoms with van der Waals surface area (Å²) in [7, 11) is 1.47. The number of rotatable bonds is 4. The Kier molecular flexibility index (Phi) is 5.18. The average molecular weight is 275 g/mol. The van der Waals surface area contributed by atoms with Crippen LogP contribution in [0.3, 0.4) is 0 Å². The van der Waals surface area contributed by atoms with Gasteiger partial charge in [-0.05, 0) is 49.9 Å². The third-order valence-corrected chi connectivity index (χ3v) is 4.34. The molecule has 0 aromatic heterocycles. The molecular formula is C17H25NO2. The summed E-state index contributed by atoms with van der Waals surface area (Å²) in [5.74, 6) is -0.0954. The van der Waals surface area contributed by atoms with Crippen LogP contribution in [-0.4, -0.2) is 30.6 Å². The summed E-state index contributed by atoms with van der Waals surface area (Å²) in [6, 6.07) is 6.98. The van der Waals surface area contributed by atoms with E-state index in [0.29, 0.717) is 12.5 Å². The number of ether oxygens (including phenoxy) is 1. The van der Waals surface area contributed by atoms with Crippen LogP contribution in [0.4, 0.5) is 0 Å². The lowest BCUT2D eigenvalue weighted by Gasteiger charge is -2.35. The lowest BCUT2D eigenvalue weighted by atomic mass is 9.98. The maximum Gasteiger partial charge on any atom is 0.307 e. The number of carbonyl (C=O) groups excluding carboxylic acids is 1. The van der Waals surface area contributed by atoms with Gasteiger partial charge in [0.05, 0.1) is 13.5 Å². The van der Waals surface area contributed by atoms with Crippen LogP contribution in [0.5, 0.6) is 0 Å². The zero-order chi connectivity index (χ0) is 14.5. The van der Waals surface area contributed by atoms with E-state index in [9.17, 15) is 4.79 Å². The number of aryl methyl sites for hydroxylation is 2. The van der Waals surface area contributed by atoms with E-state index in [4.69, 9.17) is 4.74 Å². The molecule has 1 saturated heterocycles. The first-order valence-electron chi connectivity index (χ1n) is 7.47. The number of hydrogen-bond acceptors (Lipinski definition) is 3. The Labute approximate surface area is 121 Å². The Morgan fingerprint density at radius 2 is 2.10 bits per heavy atom. The highest BCUT2D eigenvalue weighted by Crippen LogP contribution is 2.23. The minimum absolute atomic E-state index is 0.0954. The minimum Gasteiger partial charge on any atom is -0.469 e. The Morgan fingerprint density at radius 3 is 2.80 bits per heavy atom. The van der Waals surface area contributed by atoms with Crippen molar-refractivity contribution >= 4 is 5.97 Å². The third-order valence-electron chi connectivity index (χ3n) is 4.34. The Morgan fingerprint density at radius 1 is 1.30 bits per heavy atom. The zero-order valence-corrected chi connectivity index (χ0v) is 12.8. The van der Waals surface area contributed by atoms with Gasteiger partial charge in [0.2, 0.25) is 0 Å². The van der Waals surface area contributed by atoms with Gasteiger partial charge in [0, 0.05) is 12.6 Å². The van der Waals surface area contributed by atoms with Gasteiger partial charge in [-0.25, -0.2) is 0 Å². The van der Waals surface area contributed by atoms with Crippen molar-refractivity contribution in [1.82, 2.24) is 4.90 Å². The fourth-order valence-electron chi connectivity index (χ4n) is 2.91. The number of methoxy groups -OCH3 is 1. The van der Waals surface area contributed by atoms with Crippen molar-refractivity contribution in [2.45, 2.75) is 52.1 Å². The second-order valence-electron chi connectivity index (χ2n) is 5.82. The van der Waals surface area contributed by atoms with Crippen molar-refractivity contribution in [1.29, 1.82) is 0 Å². The van der Waals surface area contributed by atoms with E-state index in [0.717, 1.165) is 19.5 Å². The van der Waals surface area contributed by atoms with Crippen molar-refractivity contribution in [3.8, 4) is 0 Å². The van der Waals surface area contributed by atoms with E-state index in [-0.39, 0.29) is 5.97 Å². The fraction of sp³-hybridized carbons (Fsp3) is 0.588. The van der Waals surface area contributed by atoms with Gasteiger partial charge in [0.1, 0.15) is 0 Å². The molecule has 0 aliphatic carbocycles. The van der Waals surface area contributed by atoms with Crippen molar-refractivity contribution in [3.63, 3.8) is 0 Å². The van der Waals surface area contributed by atoms with Crippen LogP contribution in [0.2, 0.25) is 0 Å². The molecule has 1 aromatic rings. The summed E-state index contributed by atoms with van der Waals surface area (Å²) in [4.78, 5) is 14.0. The molecule has 1 aliphatic rings. The number of carbonyl (C=O) groups is 1. The first-order chi connectivity index (χ1) is 9.60. The second kappa shape index (κ2) is 6.89. The highest BCUT2D eigenvalue weighted by atomic mass is 16.5. The van der Waals surface area contributed by atoms with Crippen molar-refractivity contribution < 1.29 is 9.53 Å². The maximum atomic E-state index is 11.5. The molecule has 1 heterocycles. The molecular weight excluding hydrogens is 250 g/mol. The molecule has 0 saturated carbocycles. The number of piperidine rings is 1. The van der Waals surface area contributed by atoms with Gasteiger partial charge in [-0.1, -0.05) is 24.6 Å². The van der Waals surface area contributed by atoms with Gasteiger partial charge in [0.25, 0.3) is 0 Å². The summed E-state index contributed by atoms with van der Waals surface area (Å²) in [6.45, 7) is 6.30. The van der Waals surface area contributed by atoms with E-state index in [2.05, 4.69) is 36.9 Å². The van der Waals surface area contributed by atoms with Gasteiger partial charge in [-0.2, -0.15) is 0 Å². The van der Waals surface area contributed by atoms with Gasteiger partial charge >= 0.3 is 5.97 Å². The molecule has 20 heavy (non-hydrogen) atoms. The highest BCUT2D eigenvalue weighted by molar-refractivity contribution is 5.69. The standard InChI is InChI=1S/C17H25NO2/c1-13-7-8-15(10-14(13)2)12-18-9-5-4-6-16(18)11-17(19)20-3/h7-8,10,16H,4-6,9,11-12H2,1-3H3. The van der Waals surface area contributed by atoms with Crippen LogP contribution < -0.4 is 0 Å². The molecule has 1 aromatic carbocycles. The first kappa shape index (κ1) is 15.0. The lowest BCUT2D eigenvalue weighted by molar-refractivity contribution is -0.142. The topological polar surface area (TPSA) is 29.5 Å². The van der Waals surface area contributed by atoms with E-state index in [1.807, 2.05) is 0 Å². The normalized spacial score (nSPS) is 19.9. The van der Waals surface area contributed by atoms with Crippen LogP contribution in [0.25, 0.3) is 0 Å². The second-order valence-corrected chi connectivity index (χ2v) is 5.82. The van der Waals surface area contributed by atoms with Gasteiger partial charge < -0.3 is 4.74 Å². The number of esters is 1. The summed E-state index contributed by atoms with van der Waals surface area (Å²) < 4.78 is 4.82. The molecule has 0 amide bonds. The Bertz CT molecular complexity index is 470. The average Bonchev–Trinajstić information content (AvgIpc) is 2.45. The van der Waals surface area contributed by atoms with Crippen molar-refractivity contribution in [3.05, 3.63) is 34.9 Å². The summed E-state index contributed by atoms with van der Waals surface area (Å²) in [6.07, 6.45) is 4.05. The molecule has 1 fully saturated rings. The minimum atomic E-state index is -0.0954. The largest absolute Gasteiger partial charge is 0.469 e. The van der Waals surface area contributed by atoms with Crippen LogP contribution in [-0.2, 0) is 16.1 Å².